The van der Waals surface area contributed by atoms with Crippen molar-refractivity contribution in [2.24, 2.45) is 5.18 Å². The number of aliphatic hydroxyl groups is 1. The van der Waals surface area contributed by atoms with Gasteiger partial charge < -0.3 is 19.1 Å². The summed E-state index contributed by atoms with van der Waals surface area (Å²) < 4.78 is 20.4. The Morgan fingerprint density at radius 1 is 1.30 bits per heavy atom. The minimum absolute atomic E-state index is 0.279. The molecule has 0 bridgehead atoms. The third-order valence-electron chi connectivity index (χ3n) is 4.84. The van der Waals surface area contributed by atoms with Gasteiger partial charge in [0.05, 0.1) is 11.3 Å². The topological polar surface area (TPSA) is 104 Å². The standard InChI is InChI=1S/C20H27N3O5S2/c1-19(2,3)28-18(24)23-10-8-20(22-25,9-11-23)17-21-14(13-29-17)12-27-15-4-6-16(30-26)7-5-15/h4-7,13,18,24,26H,8-12H2,1-3H3. The number of nitrogens with zero attached hydrogens (tertiary/aromatic N) is 3. The quantitative estimate of drug-likeness (QED) is 0.343. The molecule has 2 aromatic rings. The number of hydrogen-bond donors (Lipinski definition) is 2. The van der Waals surface area contributed by atoms with Crippen molar-refractivity contribution in [2.75, 3.05) is 13.1 Å². The van der Waals surface area contributed by atoms with Crippen LogP contribution in [-0.4, -0.2) is 44.6 Å². The van der Waals surface area contributed by atoms with Crippen molar-refractivity contribution in [3.05, 3.63) is 45.3 Å². The first-order chi connectivity index (χ1) is 14.2. The maximum absolute atomic E-state index is 11.8. The smallest absolute Gasteiger partial charge is 0.216 e. The number of nitroso groups, excluding NO2 is 1. The minimum Gasteiger partial charge on any atom is -0.487 e. The molecule has 2 heterocycles. The third-order valence-corrected chi connectivity index (χ3v) is 6.40. The van der Waals surface area contributed by atoms with Crippen molar-refractivity contribution in [3.63, 3.8) is 0 Å². The second-order valence-corrected chi connectivity index (χ2v) is 9.72. The van der Waals surface area contributed by atoms with Crippen LogP contribution in [0.4, 0.5) is 0 Å². The zero-order valence-corrected chi connectivity index (χ0v) is 18.9. The summed E-state index contributed by atoms with van der Waals surface area (Å²) in [6.45, 7) is 6.91. The van der Waals surface area contributed by atoms with E-state index >= 15 is 0 Å². The molecule has 1 aromatic heterocycles. The maximum Gasteiger partial charge on any atom is 0.216 e. The van der Waals surface area contributed by atoms with Crippen LogP contribution in [0.1, 0.15) is 44.3 Å². The molecule has 0 amide bonds. The summed E-state index contributed by atoms with van der Waals surface area (Å²) in [6.07, 6.45) is -0.0739. The predicted molar refractivity (Wildman–Crippen MR) is 116 cm³/mol. The monoisotopic (exact) mass is 453 g/mol. The SMILES string of the molecule is CC(C)(C)OC(O)N1CCC(N=O)(c2nc(COc3ccc(SO)cc3)cs2)CC1. The van der Waals surface area contributed by atoms with Gasteiger partial charge in [0, 0.05) is 35.4 Å². The Kier molecular flexibility index (Phi) is 7.48. The Morgan fingerprint density at radius 2 is 1.97 bits per heavy atom. The van der Waals surface area contributed by atoms with E-state index in [1.165, 1.54) is 11.3 Å². The molecule has 1 aliphatic rings. The highest BCUT2D eigenvalue weighted by atomic mass is 32.2. The van der Waals surface area contributed by atoms with Gasteiger partial charge >= 0.3 is 0 Å². The highest BCUT2D eigenvalue weighted by Crippen LogP contribution is 2.39. The molecule has 1 atom stereocenters. The van der Waals surface area contributed by atoms with Gasteiger partial charge in [-0.3, -0.25) is 4.90 Å². The van der Waals surface area contributed by atoms with Crippen molar-refractivity contribution in [3.8, 4) is 5.75 Å². The Morgan fingerprint density at radius 3 is 2.53 bits per heavy atom. The van der Waals surface area contributed by atoms with Gasteiger partial charge in [-0.15, -0.1) is 16.2 Å². The van der Waals surface area contributed by atoms with E-state index in [4.69, 9.17) is 14.0 Å². The van der Waals surface area contributed by atoms with Gasteiger partial charge in [0.2, 0.25) is 6.41 Å². The Bertz CT molecular complexity index is 830. The van der Waals surface area contributed by atoms with E-state index in [1.807, 2.05) is 26.2 Å². The number of likely N-dealkylation sites (tertiary alicyclic amines) is 1. The first-order valence-corrected chi connectivity index (χ1v) is 11.3. The van der Waals surface area contributed by atoms with Crippen LogP contribution >= 0.6 is 23.4 Å². The molecule has 1 aromatic carbocycles. The molecule has 1 aliphatic heterocycles. The number of benzene rings is 1. The van der Waals surface area contributed by atoms with Gasteiger partial charge in [-0.05, 0) is 57.9 Å². The van der Waals surface area contributed by atoms with Crippen LogP contribution in [0.5, 0.6) is 5.75 Å². The van der Waals surface area contributed by atoms with Gasteiger partial charge in [-0.2, -0.15) is 0 Å². The number of hydrogen-bond acceptors (Lipinski definition) is 10. The molecular formula is C20H27N3O5S2. The lowest BCUT2D eigenvalue weighted by Gasteiger charge is -2.39. The van der Waals surface area contributed by atoms with E-state index in [1.54, 1.807) is 29.2 Å². The first kappa shape index (κ1) is 23.1. The lowest BCUT2D eigenvalue weighted by atomic mass is 9.89. The number of rotatable bonds is 8. The van der Waals surface area contributed by atoms with Crippen LogP contribution in [-0.2, 0) is 16.9 Å². The summed E-state index contributed by atoms with van der Waals surface area (Å²) in [6, 6.07) is 7.09. The molecule has 3 rings (SSSR count). The van der Waals surface area contributed by atoms with Crippen LogP contribution in [0.25, 0.3) is 0 Å². The fourth-order valence-corrected chi connectivity index (χ4v) is 4.45. The average molecular weight is 454 g/mol. The van der Waals surface area contributed by atoms with Gasteiger partial charge in [-0.1, -0.05) is 5.18 Å². The molecule has 164 valence electrons. The highest BCUT2D eigenvalue weighted by molar-refractivity contribution is 7.93. The number of aromatic nitrogens is 1. The van der Waals surface area contributed by atoms with Crippen LogP contribution in [0.2, 0.25) is 0 Å². The van der Waals surface area contributed by atoms with Crippen LogP contribution in [0.3, 0.4) is 0 Å². The van der Waals surface area contributed by atoms with Gasteiger partial charge in [0.1, 0.15) is 17.4 Å². The summed E-state index contributed by atoms with van der Waals surface area (Å²) in [5, 5.41) is 16.3. The summed E-state index contributed by atoms with van der Waals surface area (Å²) >= 11 is 2.09. The fourth-order valence-electron chi connectivity index (χ4n) is 3.19. The largest absolute Gasteiger partial charge is 0.487 e. The van der Waals surface area contributed by atoms with E-state index in [9.17, 15) is 10.0 Å². The molecule has 30 heavy (non-hydrogen) atoms. The number of aliphatic hydroxyl groups excluding tert-OH is 1. The summed E-state index contributed by atoms with van der Waals surface area (Å²) in [7, 11) is 0. The van der Waals surface area contributed by atoms with E-state index < -0.39 is 17.6 Å². The fraction of sp³-hybridized carbons (Fsp3) is 0.550. The van der Waals surface area contributed by atoms with E-state index in [-0.39, 0.29) is 6.61 Å². The molecular weight excluding hydrogens is 426 g/mol. The molecule has 10 heteroatoms. The van der Waals surface area contributed by atoms with Crippen molar-refractivity contribution in [2.45, 2.75) is 62.7 Å². The summed E-state index contributed by atoms with van der Waals surface area (Å²) in [4.78, 5) is 18.9. The molecule has 1 unspecified atom stereocenters. The summed E-state index contributed by atoms with van der Waals surface area (Å²) in [5.74, 6) is 0.673. The Hall–Kier alpha value is -1.56. The zero-order valence-electron chi connectivity index (χ0n) is 17.3. The maximum atomic E-state index is 11.8. The minimum atomic E-state index is -1.01. The molecule has 1 saturated heterocycles. The average Bonchev–Trinajstić information content (AvgIpc) is 3.21. The van der Waals surface area contributed by atoms with E-state index in [0.29, 0.717) is 48.7 Å². The number of piperidine rings is 1. The lowest BCUT2D eigenvalue weighted by Crippen LogP contribution is -2.49. The van der Waals surface area contributed by atoms with Gasteiger partial charge in [-0.25, -0.2) is 4.98 Å². The number of ether oxygens (including phenoxy) is 2. The molecule has 0 aliphatic carbocycles. The molecule has 8 nitrogen and oxygen atoms in total. The van der Waals surface area contributed by atoms with Crippen LogP contribution < -0.4 is 4.74 Å². The van der Waals surface area contributed by atoms with Gasteiger partial charge in [0.15, 0.2) is 5.54 Å². The van der Waals surface area contributed by atoms with Crippen LogP contribution in [0.15, 0.2) is 39.7 Å². The van der Waals surface area contributed by atoms with Crippen molar-refractivity contribution in [1.29, 1.82) is 0 Å². The first-order valence-electron chi connectivity index (χ1n) is 9.68. The Balaban J connectivity index is 1.59. The Labute approximate surface area is 184 Å². The van der Waals surface area contributed by atoms with Crippen molar-refractivity contribution < 1.29 is 19.1 Å². The second-order valence-electron chi connectivity index (χ2n) is 8.21. The lowest BCUT2D eigenvalue weighted by molar-refractivity contribution is -0.244. The predicted octanol–water partition coefficient (Wildman–Crippen LogP) is 4.44. The van der Waals surface area contributed by atoms with Crippen LogP contribution in [0, 0.1) is 4.91 Å². The summed E-state index contributed by atoms with van der Waals surface area (Å²) in [5.41, 5.74) is -0.615. The molecule has 2 N–H and O–H groups in total. The van der Waals surface area contributed by atoms with Crippen molar-refractivity contribution >= 4 is 23.4 Å². The normalized spacial score (nSPS) is 18.2. The molecule has 0 spiro atoms. The second kappa shape index (κ2) is 9.71. The molecule has 0 saturated carbocycles. The van der Waals surface area contributed by atoms with Crippen molar-refractivity contribution in [1.82, 2.24) is 9.88 Å². The third kappa shape index (κ3) is 5.77. The highest BCUT2D eigenvalue weighted by Gasteiger charge is 2.42. The zero-order chi connectivity index (χ0) is 21.8. The van der Waals surface area contributed by atoms with Gasteiger partial charge in [0.25, 0.3) is 0 Å². The van der Waals surface area contributed by atoms with E-state index in [0.717, 1.165) is 10.6 Å². The molecule has 1 fully saturated rings. The number of thiazole rings is 1. The van der Waals surface area contributed by atoms with E-state index in [2.05, 4.69) is 10.2 Å². The molecule has 0 radical (unpaired) electrons.